The van der Waals surface area contributed by atoms with Gasteiger partial charge >= 0.3 is 12.0 Å². The molecule has 6 nitrogen and oxygen atoms in total. The second-order valence-electron chi connectivity index (χ2n) is 6.54. The van der Waals surface area contributed by atoms with Gasteiger partial charge in [0.05, 0.1) is 29.7 Å². The zero-order valence-corrected chi connectivity index (χ0v) is 16.8. The van der Waals surface area contributed by atoms with E-state index < -0.39 is 12.0 Å². The van der Waals surface area contributed by atoms with E-state index in [1.807, 2.05) is 36.4 Å². The van der Waals surface area contributed by atoms with Crippen LogP contribution in [-0.4, -0.2) is 24.1 Å². The summed E-state index contributed by atoms with van der Waals surface area (Å²) in [6.07, 6.45) is 0. The van der Waals surface area contributed by atoms with Crippen LogP contribution in [0.3, 0.4) is 0 Å². The quantitative estimate of drug-likeness (QED) is 0.359. The first kappa shape index (κ1) is 19.5. The molecule has 0 unspecified atom stereocenters. The van der Waals surface area contributed by atoms with Crippen molar-refractivity contribution in [2.75, 3.05) is 17.7 Å². The summed E-state index contributed by atoms with van der Waals surface area (Å²) in [7, 11) is 1.30. The molecular weight excluding hydrogens is 402 g/mol. The molecule has 0 aliphatic rings. The summed E-state index contributed by atoms with van der Waals surface area (Å²) in [5, 5.41) is 7.13. The summed E-state index contributed by atoms with van der Waals surface area (Å²) in [4.78, 5) is 28.1. The summed E-state index contributed by atoms with van der Waals surface area (Å²) in [5.41, 5.74) is 3.76. The van der Waals surface area contributed by atoms with E-state index in [0.29, 0.717) is 16.4 Å². The zero-order chi connectivity index (χ0) is 21.1. The molecule has 0 saturated heterocycles. The zero-order valence-electron chi connectivity index (χ0n) is 16.0. The van der Waals surface area contributed by atoms with Gasteiger partial charge in [-0.25, -0.2) is 9.59 Å². The van der Waals surface area contributed by atoms with Crippen molar-refractivity contribution in [1.82, 2.24) is 4.98 Å². The number of aromatic nitrogens is 1. The molecule has 2 amide bonds. The van der Waals surface area contributed by atoms with Gasteiger partial charge in [-0.1, -0.05) is 54.1 Å². The topological polar surface area (TPSA) is 83.2 Å². The number of anilines is 2. The molecule has 1 aromatic heterocycles. The number of carbonyl (C=O) groups excluding carboxylic acids is 2. The number of para-hydroxylation sites is 2. The summed E-state index contributed by atoms with van der Waals surface area (Å²) >= 11 is 6.02. The van der Waals surface area contributed by atoms with Crippen LogP contribution in [0.1, 0.15) is 10.4 Å². The van der Waals surface area contributed by atoms with E-state index in [2.05, 4.69) is 15.6 Å². The number of aromatic amines is 1. The van der Waals surface area contributed by atoms with Crippen LogP contribution in [-0.2, 0) is 4.74 Å². The summed E-state index contributed by atoms with van der Waals surface area (Å²) in [6, 6.07) is 21.2. The van der Waals surface area contributed by atoms with Crippen molar-refractivity contribution >= 4 is 45.9 Å². The number of nitrogens with one attached hydrogen (secondary N) is 3. The molecule has 3 aromatic carbocycles. The molecule has 1 heterocycles. The number of methoxy groups -OCH3 is 1. The standard InChI is InChI=1S/C23H18ClN3O3/c1-30-22(28)17-7-3-5-9-19(17)26-23(29)27-21-16-6-2-4-8-18(16)25-20(21)14-10-12-15(24)13-11-14/h2-13,25H,1H3,(H2,26,27,29). The van der Waals surface area contributed by atoms with Crippen LogP contribution >= 0.6 is 11.6 Å². The minimum atomic E-state index is -0.528. The highest BCUT2D eigenvalue weighted by Gasteiger charge is 2.17. The fraction of sp³-hybridized carbons (Fsp3) is 0.0435. The Balaban J connectivity index is 1.69. The van der Waals surface area contributed by atoms with Crippen molar-refractivity contribution in [3.05, 3.63) is 83.4 Å². The first-order valence-corrected chi connectivity index (χ1v) is 9.56. The van der Waals surface area contributed by atoms with Gasteiger partial charge in [-0.05, 0) is 30.3 Å². The average molecular weight is 420 g/mol. The maximum absolute atomic E-state index is 12.8. The van der Waals surface area contributed by atoms with E-state index >= 15 is 0 Å². The molecule has 0 fully saturated rings. The first-order chi connectivity index (χ1) is 14.6. The largest absolute Gasteiger partial charge is 0.465 e. The Morgan fingerprint density at radius 3 is 2.37 bits per heavy atom. The van der Waals surface area contributed by atoms with Gasteiger partial charge in [0.1, 0.15) is 0 Å². The van der Waals surface area contributed by atoms with Gasteiger partial charge < -0.3 is 20.4 Å². The van der Waals surface area contributed by atoms with Crippen LogP contribution in [0, 0.1) is 0 Å². The molecule has 4 aromatic rings. The first-order valence-electron chi connectivity index (χ1n) is 9.19. The number of carbonyl (C=O) groups is 2. The van der Waals surface area contributed by atoms with Gasteiger partial charge in [0.15, 0.2) is 0 Å². The third-order valence-corrected chi connectivity index (χ3v) is 4.91. The maximum Gasteiger partial charge on any atom is 0.339 e. The molecular formula is C23H18ClN3O3. The van der Waals surface area contributed by atoms with Gasteiger partial charge in [0.25, 0.3) is 0 Å². The maximum atomic E-state index is 12.8. The SMILES string of the molecule is COC(=O)c1ccccc1NC(=O)Nc1c(-c2ccc(Cl)cc2)[nH]c2ccccc12. The van der Waals surface area contributed by atoms with E-state index in [9.17, 15) is 9.59 Å². The Morgan fingerprint density at radius 1 is 0.900 bits per heavy atom. The minimum absolute atomic E-state index is 0.270. The van der Waals surface area contributed by atoms with Crippen molar-refractivity contribution in [2.45, 2.75) is 0 Å². The van der Waals surface area contributed by atoms with E-state index in [-0.39, 0.29) is 5.56 Å². The minimum Gasteiger partial charge on any atom is -0.465 e. The summed E-state index contributed by atoms with van der Waals surface area (Å²) in [5.74, 6) is -0.528. The normalized spacial score (nSPS) is 10.6. The number of benzene rings is 3. The fourth-order valence-electron chi connectivity index (χ4n) is 3.25. The lowest BCUT2D eigenvalue weighted by Crippen LogP contribution is -2.21. The third-order valence-electron chi connectivity index (χ3n) is 4.66. The Bertz CT molecular complexity index is 1230. The monoisotopic (exact) mass is 419 g/mol. The molecule has 0 saturated carbocycles. The van der Waals surface area contributed by atoms with Crippen LogP contribution in [0.4, 0.5) is 16.2 Å². The molecule has 30 heavy (non-hydrogen) atoms. The number of hydrogen-bond donors (Lipinski definition) is 3. The number of urea groups is 1. The Morgan fingerprint density at radius 2 is 1.60 bits per heavy atom. The number of fused-ring (bicyclic) bond motifs is 1. The highest BCUT2D eigenvalue weighted by atomic mass is 35.5. The highest BCUT2D eigenvalue weighted by molar-refractivity contribution is 6.30. The van der Waals surface area contributed by atoms with Crippen molar-refractivity contribution in [3.63, 3.8) is 0 Å². The van der Waals surface area contributed by atoms with Gasteiger partial charge in [0, 0.05) is 21.5 Å². The molecule has 150 valence electrons. The number of esters is 1. The number of amides is 2. The van der Waals surface area contributed by atoms with Crippen LogP contribution < -0.4 is 10.6 Å². The van der Waals surface area contributed by atoms with Crippen molar-refractivity contribution in [2.24, 2.45) is 0 Å². The predicted molar refractivity (Wildman–Crippen MR) is 119 cm³/mol. The second kappa shape index (κ2) is 8.31. The van der Waals surface area contributed by atoms with Crippen molar-refractivity contribution in [3.8, 4) is 11.3 Å². The van der Waals surface area contributed by atoms with E-state index in [1.165, 1.54) is 7.11 Å². The lowest BCUT2D eigenvalue weighted by molar-refractivity contribution is 0.0602. The van der Waals surface area contributed by atoms with Gasteiger partial charge in [-0.15, -0.1) is 0 Å². The lowest BCUT2D eigenvalue weighted by Gasteiger charge is -2.12. The molecule has 4 rings (SSSR count). The Labute approximate surface area is 177 Å². The van der Waals surface area contributed by atoms with Gasteiger partial charge in [-0.3, -0.25) is 0 Å². The highest BCUT2D eigenvalue weighted by Crippen LogP contribution is 2.35. The second-order valence-corrected chi connectivity index (χ2v) is 6.98. The number of H-pyrrole nitrogens is 1. The molecule has 0 aliphatic carbocycles. The molecule has 0 atom stereocenters. The van der Waals surface area contributed by atoms with E-state index in [0.717, 1.165) is 22.2 Å². The molecule has 0 bridgehead atoms. The average Bonchev–Trinajstić information content (AvgIpc) is 3.12. The van der Waals surface area contributed by atoms with Crippen molar-refractivity contribution < 1.29 is 14.3 Å². The number of hydrogen-bond acceptors (Lipinski definition) is 3. The van der Waals surface area contributed by atoms with Crippen LogP contribution in [0.2, 0.25) is 5.02 Å². The lowest BCUT2D eigenvalue weighted by atomic mass is 10.1. The van der Waals surface area contributed by atoms with Crippen molar-refractivity contribution in [1.29, 1.82) is 0 Å². The molecule has 0 aliphatic heterocycles. The summed E-state index contributed by atoms with van der Waals surface area (Å²) in [6.45, 7) is 0. The predicted octanol–water partition coefficient (Wildman–Crippen LogP) is 5.92. The smallest absolute Gasteiger partial charge is 0.339 e. The van der Waals surface area contributed by atoms with Gasteiger partial charge in [-0.2, -0.15) is 0 Å². The number of rotatable bonds is 4. The molecule has 0 radical (unpaired) electrons. The van der Waals surface area contributed by atoms with E-state index in [4.69, 9.17) is 16.3 Å². The van der Waals surface area contributed by atoms with E-state index in [1.54, 1.807) is 36.4 Å². The number of halogens is 1. The van der Waals surface area contributed by atoms with Crippen LogP contribution in [0.25, 0.3) is 22.2 Å². The number of ether oxygens (including phenoxy) is 1. The molecule has 7 heteroatoms. The van der Waals surface area contributed by atoms with Gasteiger partial charge in [0.2, 0.25) is 0 Å². The Hall–Kier alpha value is -3.77. The Kier molecular flexibility index (Phi) is 5.41. The van der Waals surface area contributed by atoms with Crippen LogP contribution in [0.5, 0.6) is 0 Å². The van der Waals surface area contributed by atoms with Crippen LogP contribution in [0.15, 0.2) is 72.8 Å². The fourth-order valence-corrected chi connectivity index (χ4v) is 3.38. The molecule has 3 N–H and O–H groups in total. The third kappa shape index (κ3) is 3.86. The molecule has 0 spiro atoms. The summed E-state index contributed by atoms with van der Waals surface area (Å²) < 4.78 is 4.78.